The molecule has 1 amide bonds. The molecule has 0 saturated carbocycles. The van der Waals surface area contributed by atoms with Crippen LogP contribution in [0.4, 0.5) is 8.78 Å². The first-order valence-electron chi connectivity index (χ1n) is 7.30. The molecule has 2 atom stereocenters. The van der Waals surface area contributed by atoms with E-state index in [0.29, 0.717) is 10.5 Å². The van der Waals surface area contributed by atoms with Crippen molar-refractivity contribution >= 4 is 23.6 Å². The van der Waals surface area contributed by atoms with E-state index in [0.717, 1.165) is 11.8 Å². The van der Waals surface area contributed by atoms with Crippen LogP contribution in [-0.2, 0) is 16.0 Å². The average Bonchev–Trinajstić information content (AvgIpc) is 2.56. The number of halogens is 2. The molecule has 0 heterocycles. The van der Waals surface area contributed by atoms with Gasteiger partial charge in [0.05, 0.1) is 0 Å². The Balaban J connectivity index is 1.99. The summed E-state index contributed by atoms with van der Waals surface area (Å²) in [6, 6.07) is 9.63. The number of carbonyl (C=O) groups excluding carboxylic acids is 1. The first kappa shape index (κ1) is 18.9. The maximum Gasteiger partial charge on any atom is 0.326 e. The lowest BCUT2D eigenvalue weighted by Crippen LogP contribution is -2.48. The molecule has 0 fully saturated rings. The Morgan fingerprint density at radius 3 is 2.40 bits per heavy atom. The molecule has 0 aromatic heterocycles. The molecular formula is C17H16F2N2O3S. The number of amides is 1. The van der Waals surface area contributed by atoms with Crippen LogP contribution in [0.25, 0.3) is 0 Å². The van der Waals surface area contributed by atoms with E-state index in [-0.39, 0.29) is 6.42 Å². The zero-order chi connectivity index (χ0) is 18.4. The van der Waals surface area contributed by atoms with Crippen LogP contribution >= 0.6 is 11.8 Å². The molecule has 4 N–H and O–H groups in total. The standard InChI is InChI=1S/C17H16F2N2O3S/c18-11-4-6-13(7-5-11)25-15(20)16(22)21-14(17(23)24)9-10-2-1-3-12(19)8-10/h1-8,14-15H,9,20H2,(H,21,22)(H,23,24)/t14?,15-/m0/s1. The van der Waals surface area contributed by atoms with Gasteiger partial charge in [-0.25, -0.2) is 13.6 Å². The molecule has 2 aromatic rings. The van der Waals surface area contributed by atoms with Gasteiger partial charge in [-0.2, -0.15) is 0 Å². The van der Waals surface area contributed by atoms with Gasteiger partial charge < -0.3 is 16.2 Å². The topological polar surface area (TPSA) is 92.4 Å². The number of carboxylic acid groups (broad SMARTS) is 1. The number of hydrogen-bond acceptors (Lipinski definition) is 4. The Morgan fingerprint density at radius 2 is 1.80 bits per heavy atom. The summed E-state index contributed by atoms with van der Waals surface area (Å²) < 4.78 is 26.1. The van der Waals surface area contributed by atoms with E-state index in [1.54, 1.807) is 6.07 Å². The van der Waals surface area contributed by atoms with Gasteiger partial charge in [-0.05, 0) is 42.0 Å². The van der Waals surface area contributed by atoms with Gasteiger partial charge in [0.15, 0.2) is 0 Å². The Bertz CT molecular complexity index is 756. The zero-order valence-electron chi connectivity index (χ0n) is 13.0. The van der Waals surface area contributed by atoms with Crippen LogP contribution in [-0.4, -0.2) is 28.4 Å². The summed E-state index contributed by atoms with van der Waals surface area (Å²) >= 11 is 0.969. The van der Waals surface area contributed by atoms with Crippen LogP contribution < -0.4 is 11.1 Å². The fraction of sp³-hybridized carbons (Fsp3) is 0.176. The van der Waals surface area contributed by atoms with Gasteiger partial charge in [0, 0.05) is 11.3 Å². The Kier molecular flexibility index (Phi) is 6.49. The molecule has 1 unspecified atom stereocenters. The monoisotopic (exact) mass is 366 g/mol. The molecule has 0 radical (unpaired) electrons. The third-order valence-electron chi connectivity index (χ3n) is 3.28. The first-order chi connectivity index (χ1) is 11.8. The summed E-state index contributed by atoms with van der Waals surface area (Å²) in [6.45, 7) is 0. The van der Waals surface area contributed by atoms with Crippen molar-refractivity contribution in [3.63, 3.8) is 0 Å². The van der Waals surface area contributed by atoms with Gasteiger partial charge in [-0.1, -0.05) is 23.9 Å². The molecule has 0 bridgehead atoms. The number of carbonyl (C=O) groups is 2. The highest BCUT2D eigenvalue weighted by molar-refractivity contribution is 8.00. The van der Waals surface area contributed by atoms with Gasteiger partial charge in [0.1, 0.15) is 23.1 Å². The number of aliphatic carboxylic acids is 1. The van der Waals surface area contributed by atoms with Crippen molar-refractivity contribution in [3.05, 3.63) is 65.7 Å². The quantitative estimate of drug-likeness (QED) is 0.516. The molecular weight excluding hydrogens is 350 g/mol. The second-order valence-corrected chi connectivity index (χ2v) is 6.44. The molecule has 2 aromatic carbocycles. The minimum atomic E-state index is -1.25. The third kappa shape index (κ3) is 5.84. The van der Waals surface area contributed by atoms with E-state index < -0.39 is 34.9 Å². The van der Waals surface area contributed by atoms with Gasteiger partial charge >= 0.3 is 5.97 Å². The predicted octanol–water partition coefficient (Wildman–Crippen LogP) is 2.15. The summed E-state index contributed by atoms with van der Waals surface area (Å²) in [5.74, 6) is -2.84. The lowest BCUT2D eigenvalue weighted by Gasteiger charge is -2.18. The minimum absolute atomic E-state index is 0.0766. The lowest BCUT2D eigenvalue weighted by atomic mass is 10.1. The van der Waals surface area contributed by atoms with Crippen LogP contribution in [0.3, 0.4) is 0 Å². The van der Waals surface area contributed by atoms with Crippen molar-refractivity contribution in [1.29, 1.82) is 0 Å². The average molecular weight is 366 g/mol. The van der Waals surface area contributed by atoms with E-state index in [4.69, 9.17) is 5.73 Å². The summed E-state index contributed by atoms with van der Waals surface area (Å²) in [4.78, 5) is 24.0. The molecule has 132 valence electrons. The van der Waals surface area contributed by atoms with Crippen molar-refractivity contribution < 1.29 is 23.5 Å². The predicted molar refractivity (Wildman–Crippen MR) is 89.9 cm³/mol. The molecule has 0 spiro atoms. The molecule has 25 heavy (non-hydrogen) atoms. The molecule has 5 nitrogen and oxygen atoms in total. The largest absolute Gasteiger partial charge is 0.480 e. The fourth-order valence-electron chi connectivity index (χ4n) is 2.07. The number of nitrogens with one attached hydrogen (secondary N) is 1. The normalized spacial score (nSPS) is 13.1. The fourth-order valence-corrected chi connectivity index (χ4v) is 2.83. The number of rotatable bonds is 7. The first-order valence-corrected chi connectivity index (χ1v) is 8.18. The van der Waals surface area contributed by atoms with Crippen LogP contribution in [0.5, 0.6) is 0 Å². The maximum absolute atomic E-state index is 13.2. The number of nitrogens with two attached hydrogens (primary N) is 1. The van der Waals surface area contributed by atoms with E-state index in [2.05, 4.69) is 5.32 Å². The van der Waals surface area contributed by atoms with E-state index >= 15 is 0 Å². The van der Waals surface area contributed by atoms with Crippen molar-refractivity contribution in [1.82, 2.24) is 5.32 Å². The van der Waals surface area contributed by atoms with Crippen LogP contribution in [0.1, 0.15) is 5.56 Å². The number of carboxylic acids is 1. The molecule has 0 aliphatic carbocycles. The number of benzene rings is 2. The highest BCUT2D eigenvalue weighted by Crippen LogP contribution is 2.21. The summed E-state index contributed by atoms with van der Waals surface area (Å²) in [7, 11) is 0. The zero-order valence-corrected chi connectivity index (χ0v) is 13.8. The summed E-state index contributed by atoms with van der Waals surface area (Å²) in [6.07, 6.45) is -0.0766. The van der Waals surface area contributed by atoms with Gasteiger partial charge in [-0.15, -0.1) is 0 Å². The Morgan fingerprint density at radius 1 is 1.12 bits per heavy atom. The molecule has 0 aliphatic heterocycles. The van der Waals surface area contributed by atoms with E-state index in [1.807, 2.05) is 0 Å². The van der Waals surface area contributed by atoms with Crippen LogP contribution in [0.2, 0.25) is 0 Å². The third-order valence-corrected chi connectivity index (χ3v) is 4.29. The summed E-state index contributed by atoms with van der Waals surface area (Å²) in [5, 5.41) is 10.5. The SMILES string of the molecule is N[C@@H](Sc1ccc(F)cc1)C(=O)NC(Cc1cccc(F)c1)C(=O)O. The second-order valence-electron chi connectivity index (χ2n) is 5.23. The van der Waals surface area contributed by atoms with Crippen molar-refractivity contribution in [3.8, 4) is 0 Å². The smallest absolute Gasteiger partial charge is 0.326 e. The maximum atomic E-state index is 13.2. The molecule has 2 rings (SSSR count). The van der Waals surface area contributed by atoms with Crippen molar-refractivity contribution in [2.24, 2.45) is 5.73 Å². The second kappa shape index (κ2) is 8.59. The van der Waals surface area contributed by atoms with Gasteiger partial charge in [-0.3, -0.25) is 4.79 Å². The highest BCUT2D eigenvalue weighted by Gasteiger charge is 2.24. The van der Waals surface area contributed by atoms with E-state index in [1.165, 1.54) is 42.5 Å². The highest BCUT2D eigenvalue weighted by atomic mass is 32.2. The molecule has 0 saturated heterocycles. The van der Waals surface area contributed by atoms with Crippen molar-refractivity contribution in [2.45, 2.75) is 22.7 Å². The van der Waals surface area contributed by atoms with Crippen LogP contribution in [0, 0.1) is 11.6 Å². The summed E-state index contributed by atoms with van der Waals surface area (Å²) in [5.41, 5.74) is 6.19. The molecule has 0 aliphatic rings. The number of thioether (sulfide) groups is 1. The Hall–Kier alpha value is -2.45. The lowest BCUT2D eigenvalue weighted by molar-refractivity contribution is -0.141. The van der Waals surface area contributed by atoms with Crippen molar-refractivity contribution in [2.75, 3.05) is 0 Å². The van der Waals surface area contributed by atoms with Gasteiger partial charge in [0.25, 0.3) is 0 Å². The van der Waals surface area contributed by atoms with Crippen LogP contribution in [0.15, 0.2) is 53.4 Å². The molecule has 8 heteroatoms. The number of hydrogen-bond donors (Lipinski definition) is 3. The Labute approximate surface area is 147 Å². The van der Waals surface area contributed by atoms with E-state index in [9.17, 15) is 23.5 Å². The van der Waals surface area contributed by atoms with Gasteiger partial charge in [0.2, 0.25) is 5.91 Å². The minimum Gasteiger partial charge on any atom is -0.480 e.